The Hall–Kier alpha value is -0.970. The van der Waals surface area contributed by atoms with E-state index < -0.39 is 0 Å². The van der Waals surface area contributed by atoms with Gasteiger partial charge in [0, 0.05) is 13.2 Å². The molecule has 3 nitrogen and oxygen atoms in total. The lowest BCUT2D eigenvalue weighted by atomic mass is 10.1. The van der Waals surface area contributed by atoms with Crippen LogP contribution in [0.25, 0.3) is 0 Å². The topological polar surface area (TPSA) is 41.5 Å². The van der Waals surface area contributed by atoms with Crippen LogP contribution in [-0.2, 0) is 4.74 Å². The van der Waals surface area contributed by atoms with Crippen molar-refractivity contribution in [1.82, 2.24) is 5.32 Å². The van der Waals surface area contributed by atoms with Crippen LogP contribution in [0.15, 0.2) is 18.2 Å². The van der Waals surface area contributed by atoms with Crippen molar-refractivity contribution in [1.29, 1.82) is 0 Å². The molecule has 1 aromatic rings. The van der Waals surface area contributed by atoms with Crippen LogP contribution < -0.4 is 5.32 Å². The standard InChI is InChI=1S/C13H20FNO2/c1-9-4-5-11(6-13(9)14)10(2)15-12(7-16)8-17-3/h4-6,10,12,15-16H,7-8H2,1-3H3. The van der Waals surface area contributed by atoms with Gasteiger partial charge in [-0.15, -0.1) is 0 Å². The van der Waals surface area contributed by atoms with Crippen LogP contribution in [0, 0.1) is 12.7 Å². The van der Waals surface area contributed by atoms with Gasteiger partial charge in [0.1, 0.15) is 5.82 Å². The first-order valence-corrected chi connectivity index (χ1v) is 5.70. The number of hydrogen-bond acceptors (Lipinski definition) is 3. The molecule has 0 aliphatic rings. The quantitative estimate of drug-likeness (QED) is 0.798. The number of benzene rings is 1. The number of hydrogen-bond donors (Lipinski definition) is 2. The van der Waals surface area contributed by atoms with Crippen molar-refractivity contribution in [3.63, 3.8) is 0 Å². The van der Waals surface area contributed by atoms with Gasteiger partial charge < -0.3 is 15.2 Å². The number of aryl methyl sites for hydroxylation is 1. The first-order valence-electron chi connectivity index (χ1n) is 5.70. The number of aliphatic hydroxyl groups is 1. The average Bonchev–Trinajstić information content (AvgIpc) is 2.31. The third-order valence-electron chi connectivity index (χ3n) is 2.77. The summed E-state index contributed by atoms with van der Waals surface area (Å²) in [6.07, 6.45) is 0. The number of ether oxygens (including phenoxy) is 1. The first kappa shape index (κ1) is 14.1. The molecule has 2 N–H and O–H groups in total. The second kappa shape index (κ2) is 6.69. The van der Waals surface area contributed by atoms with E-state index >= 15 is 0 Å². The fourth-order valence-electron chi connectivity index (χ4n) is 1.68. The highest BCUT2D eigenvalue weighted by Crippen LogP contribution is 2.16. The van der Waals surface area contributed by atoms with Gasteiger partial charge in [0.05, 0.1) is 19.3 Å². The smallest absolute Gasteiger partial charge is 0.126 e. The highest BCUT2D eigenvalue weighted by atomic mass is 19.1. The third-order valence-corrected chi connectivity index (χ3v) is 2.77. The second-order valence-electron chi connectivity index (χ2n) is 4.23. The van der Waals surface area contributed by atoms with Crippen LogP contribution in [0.3, 0.4) is 0 Å². The van der Waals surface area contributed by atoms with Crippen molar-refractivity contribution < 1.29 is 14.2 Å². The maximum Gasteiger partial charge on any atom is 0.126 e. The SMILES string of the molecule is COCC(CO)NC(C)c1ccc(C)c(F)c1. The van der Waals surface area contributed by atoms with Gasteiger partial charge in [-0.05, 0) is 31.0 Å². The Morgan fingerprint density at radius 1 is 1.47 bits per heavy atom. The Morgan fingerprint density at radius 3 is 2.71 bits per heavy atom. The van der Waals surface area contributed by atoms with E-state index in [0.29, 0.717) is 12.2 Å². The summed E-state index contributed by atoms with van der Waals surface area (Å²) in [6.45, 7) is 4.09. The minimum Gasteiger partial charge on any atom is -0.395 e. The van der Waals surface area contributed by atoms with Gasteiger partial charge in [-0.2, -0.15) is 0 Å². The molecule has 17 heavy (non-hydrogen) atoms. The predicted octanol–water partition coefficient (Wildman–Crippen LogP) is 1.79. The van der Waals surface area contributed by atoms with Crippen LogP contribution >= 0.6 is 0 Å². The van der Waals surface area contributed by atoms with Gasteiger partial charge in [-0.3, -0.25) is 0 Å². The van der Waals surface area contributed by atoms with E-state index in [9.17, 15) is 4.39 Å². The Bertz CT molecular complexity index is 357. The number of nitrogens with one attached hydrogen (secondary N) is 1. The average molecular weight is 241 g/mol. The number of halogens is 1. The lowest BCUT2D eigenvalue weighted by Gasteiger charge is -2.21. The first-order chi connectivity index (χ1) is 8.08. The summed E-state index contributed by atoms with van der Waals surface area (Å²) in [5, 5.41) is 12.3. The zero-order valence-electron chi connectivity index (χ0n) is 10.5. The van der Waals surface area contributed by atoms with Crippen molar-refractivity contribution in [2.75, 3.05) is 20.3 Å². The minimum atomic E-state index is -0.205. The summed E-state index contributed by atoms with van der Waals surface area (Å²) in [4.78, 5) is 0. The predicted molar refractivity (Wildman–Crippen MR) is 65.4 cm³/mol. The number of aliphatic hydroxyl groups excluding tert-OH is 1. The van der Waals surface area contributed by atoms with E-state index in [1.165, 1.54) is 6.07 Å². The number of methoxy groups -OCH3 is 1. The molecule has 4 heteroatoms. The van der Waals surface area contributed by atoms with E-state index in [1.807, 2.05) is 13.0 Å². The Kier molecular flexibility index (Phi) is 5.55. The van der Waals surface area contributed by atoms with Crippen molar-refractivity contribution >= 4 is 0 Å². The van der Waals surface area contributed by atoms with Gasteiger partial charge in [0.2, 0.25) is 0 Å². The summed E-state index contributed by atoms with van der Waals surface area (Å²) in [5.41, 5.74) is 1.50. The van der Waals surface area contributed by atoms with Crippen LogP contribution in [0.5, 0.6) is 0 Å². The summed E-state index contributed by atoms with van der Waals surface area (Å²) >= 11 is 0. The molecule has 0 aliphatic carbocycles. The lowest BCUT2D eigenvalue weighted by Crippen LogP contribution is -2.38. The van der Waals surface area contributed by atoms with Gasteiger partial charge in [-0.25, -0.2) is 4.39 Å². The van der Waals surface area contributed by atoms with Crippen LogP contribution in [0.2, 0.25) is 0 Å². The molecule has 0 amide bonds. The highest BCUT2D eigenvalue weighted by Gasteiger charge is 2.13. The largest absolute Gasteiger partial charge is 0.395 e. The molecule has 0 bridgehead atoms. The fraction of sp³-hybridized carbons (Fsp3) is 0.538. The van der Waals surface area contributed by atoms with Gasteiger partial charge in [0.25, 0.3) is 0 Å². The van der Waals surface area contributed by atoms with E-state index in [1.54, 1.807) is 20.1 Å². The molecule has 1 aromatic carbocycles. The van der Waals surface area contributed by atoms with Crippen molar-refractivity contribution in [3.05, 3.63) is 35.1 Å². The molecule has 0 radical (unpaired) electrons. The van der Waals surface area contributed by atoms with Gasteiger partial charge in [-0.1, -0.05) is 12.1 Å². The van der Waals surface area contributed by atoms with Crippen molar-refractivity contribution in [2.45, 2.75) is 25.9 Å². The van der Waals surface area contributed by atoms with Crippen LogP contribution in [0.1, 0.15) is 24.1 Å². The molecule has 0 aliphatic heterocycles. The molecule has 0 heterocycles. The minimum absolute atomic E-state index is 0.00742. The third kappa shape index (κ3) is 4.07. The summed E-state index contributed by atoms with van der Waals surface area (Å²) in [6, 6.07) is 5.00. The monoisotopic (exact) mass is 241 g/mol. The molecule has 0 saturated heterocycles. The molecule has 96 valence electrons. The molecule has 2 atom stereocenters. The fourth-order valence-corrected chi connectivity index (χ4v) is 1.68. The van der Waals surface area contributed by atoms with Gasteiger partial charge >= 0.3 is 0 Å². The Labute approximate surface area is 102 Å². The molecular formula is C13H20FNO2. The van der Waals surface area contributed by atoms with Gasteiger partial charge in [0.15, 0.2) is 0 Å². The summed E-state index contributed by atoms with van der Waals surface area (Å²) < 4.78 is 18.4. The molecule has 0 fully saturated rings. The van der Waals surface area contributed by atoms with E-state index in [2.05, 4.69) is 5.32 Å². The summed E-state index contributed by atoms with van der Waals surface area (Å²) in [7, 11) is 1.58. The molecule has 0 aromatic heterocycles. The second-order valence-corrected chi connectivity index (χ2v) is 4.23. The molecule has 0 saturated carbocycles. The zero-order chi connectivity index (χ0) is 12.8. The lowest BCUT2D eigenvalue weighted by molar-refractivity contribution is 0.123. The van der Waals surface area contributed by atoms with E-state index in [-0.39, 0.29) is 24.5 Å². The highest BCUT2D eigenvalue weighted by molar-refractivity contribution is 5.25. The van der Waals surface area contributed by atoms with Crippen LogP contribution in [0.4, 0.5) is 4.39 Å². The maximum atomic E-state index is 13.4. The van der Waals surface area contributed by atoms with E-state index in [4.69, 9.17) is 9.84 Å². The molecular weight excluding hydrogens is 221 g/mol. The normalized spacial score (nSPS) is 14.6. The Balaban J connectivity index is 2.68. The Morgan fingerprint density at radius 2 is 2.18 bits per heavy atom. The summed E-state index contributed by atoms with van der Waals surface area (Å²) in [5.74, 6) is -0.205. The van der Waals surface area contributed by atoms with Crippen molar-refractivity contribution in [2.24, 2.45) is 0 Å². The zero-order valence-corrected chi connectivity index (χ0v) is 10.5. The number of rotatable bonds is 6. The maximum absolute atomic E-state index is 13.4. The molecule has 1 rings (SSSR count). The molecule has 2 unspecified atom stereocenters. The van der Waals surface area contributed by atoms with Crippen LogP contribution in [-0.4, -0.2) is 31.5 Å². The molecule has 0 spiro atoms. The van der Waals surface area contributed by atoms with E-state index in [0.717, 1.165) is 5.56 Å². The van der Waals surface area contributed by atoms with Crippen molar-refractivity contribution in [3.8, 4) is 0 Å².